The van der Waals surface area contributed by atoms with Crippen molar-refractivity contribution in [3.05, 3.63) is 59.4 Å². The summed E-state index contributed by atoms with van der Waals surface area (Å²) in [6.07, 6.45) is 1.45. The lowest BCUT2D eigenvalue weighted by molar-refractivity contribution is -0.120. The standard InChI is InChI=1S/C16H13FN4OS/c17-12-4-2-1-3-11(12)9-19-21-15(22)8-10-5-6-13-14(7-10)23-16(18)20-13/h1-7,9H,8H2,(H2,18,20)(H,21,22)/b19-9-. The third-order valence-electron chi connectivity index (χ3n) is 3.13. The van der Waals surface area contributed by atoms with Gasteiger partial charge in [0.15, 0.2) is 5.13 Å². The first-order valence-corrected chi connectivity index (χ1v) is 7.65. The van der Waals surface area contributed by atoms with Crippen LogP contribution in [0.3, 0.4) is 0 Å². The van der Waals surface area contributed by atoms with Gasteiger partial charge in [-0.1, -0.05) is 35.6 Å². The fourth-order valence-corrected chi connectivity index (χ4v) is 2.87. The van der Waals surface area contributed by atoms with Gasteiger partial charge in [-0.2, -0.15) is 5.10 Å². The van der Waals surface area contributed by atoms with Gasteiger partial charge in [-0.3, -0.25) is 4.79 Å². The van der Waals surface area contributed by atoms with E-state index in [1.165, 1.54) is 23.6 Å². The Morgan fingerprint density at radius 1 is 1.35 bits per heavy atom. The Hall–Kier alpha value is -2.80. The molecule has 3 aromatic rings. The summed E-state index contributed by atoms with van der Waals surface area (Å²) < 4.78 is 14.3. The van der Waals surface area contributed by atoms with Gasteiger partial charge in [-0.05, 0) is 23.8 Å². The molecule has 0 radical (unpaired) electrons. The summed E-state index contributed by atoms with van der Waals surface area (Å²) in [7, 11) is 0. The first kappa shape index (κ1) is 15.1. The van der Waals surface area contributed by atoms with Crippen molar-refractivity contribution in [2.24, 2.45) is 5.10 Å². The van der Waals surface area contributed by atoms with E-state index in [0.717, 1.165) is 15.8 Å². The van der Waals surface area contributed by atoms with Crippen LogP contribution in [0.5, 0.6) is 0 Å². The Morgan fingerprint density at radius 3 is 3.00 bits per heavy atom. The zero-order chi connectivity index (χ0) is 16.2. The SMILES string of the molecule is Nc1nc2ccc(CC(=O)N/N=C\c3ccccc3F)cc2s1. The van der Waals surface area contributed by atoms with Crippen LogP contribution in [-0.2, 0) is 11.2 Å². The second-order valence-corrected chi connectivity index (χ2v) is 5.91. The van der Waals surface area contributed by atoms with Crippen LogP contribution >= 0.6 is 11.3 Å². The normalized spacial score (nSPS) is 11.2. The van der Waals surface area contributed by atoms with Gasteiger partial charge in [0.2, 0.25) is 5.91 Å². The highest BCUT2D eigenvalue weighted by Crippen LogP contribution is 2.24. The van der Waals surface area contributed by atoms with Crippen LogP contribution in [0.1, 0.15) is 11.1 Å². The molecule has 0 fully saturated rings. The summed E-state index contributed by atoms with van der Waals surface area (Å²) in [6.45, 7) is 0. The van der Waals surface area contributed by atoms with Gasteiger partial charge in [0.1, 0.15) is 5.82 Å². The molecule has 5 nitrogen and oxygen atoms in total. The number of rotatable bonds is 4. The van der Waals surface area contributed by atoms with Gasteiger partial charge >= 0.3 is 0 Å². The maximum absolute atomic E-state index is 13.4. The maximum atomic E-state index is 13.4. The molecule has 0 spiro atoms. The van der Waals surface area contributed by atoms with E-state index in [-0.39, 0.29) is 12.3 Å². The van der Waals surface area contributed by atoms with E-state index in [0.29, 0.717) is 10.7 Å². The molecular formula is C16H13FN4OS. The van der Waals surface area contributed by atoms with Crippen LogP contribution in [-0.4, -0.2) is 17.1 Å². The Bertz CT molecular complexity index is 891. The molecule has 1 heterocycles. The lowest BCUT2D eigenvalue weighted by Crippen LogP contribution is -2.19. The number of amides is 1. The van der Waals surface area contributed by atoms with E-state index < -0.39 is 5.82 Å². The number of carbonyl (C=O) groups excluding carboxylic acids is 1. The average molecular weight is 328 g/mol. The number of hydrogen-bond acceptors (Lipinski definition) is 5. The molecule has 23 heavy (non-hydrogen) atoms. The van der Waals surface area contributed by atoms with Crippen molar-refractivity contribution in [1.82, 2.24) is 10.4 Å². The van der Waals surface area contributed by atoms with E-state index in [2.05, 4.69) is 15.5 Å². The number of benzene rings is 2. The predicted molar refractivity (Wildman–Crippen MR) is 89.9 cm³/mol. The largest absolute Gasteiger partial charge is 0.375 e. The fourth-order valence-electron chi connectivity index (χ4n) is 2.08. The molecule has 3 N–H and O–H groups in total. The van der Waals surface area contributed by atoms with E-state index in [4.69, 9.17) is 5.73 Å². The van der Waals surface area contributed by atoms with Crippen molar-refractivity contribution in [1.29, 1.82) is 0 Å². The summed E-state index contributed by atoms with van der Waals surface area (Å²) in [4.78, 5) is 16.0. The minimum atomic E-state index is -0.390. The summed E-state index contributed by atoms with van der Waals surface area (Å²) in [5.74, 6) is -0.673. The number of nitrogens with one attached hydrogen (secondary N) is 1. The fraction of sp³-hybridized carbons (Fsp3) is 0.0625. The number of nitrogens with zero attached hydrogens (tertiary/aromatic N) is 2. The van der Waals surface area contributed by atoms with Crippen LogP contribution in [0, 0.1) is 5.82 Å². The summed E-state index contributed by atoms with van der Waals surface area (Å²) in [5, 5.41) is 4.27. The van der Waals surface area contributed by atoms with E-state index in [1.54, 1.807) is 18.2 Å². The van der Waals surface area contributed by atoms with Crippen LogP contribution in [0.2, 0.25) is 0 Å². The van der Waals surface area contributed by atoms with Crippen molar-refractivity contribution in [3.8, 4) is 0 Å². The minimum absolute atomic E-state index is 0.169. The Kier molecular flexibility index (Phi) is 4.29. The minimum Gasteiger partial charge on any atom is -0.375 e. The summed E-state index contributed by atoms with van der Waals surface area (Å²) >= 11 is 1.37. The van der Waals surface area contributed by atoms with Crippen LogP contribution < -0.4 is 11.2 Å². The molecule has 3 rings (SSSR count). The molecule has 0 unspecified atom stereocenters. The average Bonchev–Trinajstić information content (AvgIpc) is 2.88. The Labute approximate surface area is 135 Å². The molecular weight excluding hydrogens is 315 g/mol. The first-order chi connectivity index (χ1) is 11.1. The molecule has 0 saturated carbocycles. The molecule has 2 aromatic carbocycles. The Morgan fingerprint density at radius 2 is 2.17 bits per heavy atom. The predicted octanol–water partition coefficient (Wildman–Crippen LogP) is 2.71. The van der Waals surface area contributed by atoms with Gasteiger partial charge in [-0.25, -0.2) is 14.8 Å². The van der Waals surface area contributed by atoms with Gasteiger partial charge in [0, 0.05) is 5.56 Å². The molecule has 0 bridgehead atoms. The number of aromatic nitrogens is 1. The molecule has 0 aliphatic rings. The number of halogens is 1. The van der Waals surface area contributed by atoms with Crippen molar-refractivity contribution < 1.29 is 9.18 Å². The number of thiazole rings is 1. The van der Waals surface area contributed by atoms with Crippen molar-refractivity contribution in [2.45, 2.75) is 6.42 Å². The lowest BCUT2D eigenvalue weighted by Gasteiger charge is -2.01. The number of carbonyl (C=O) groups is 1. The smallest absolute Gasteiger partial charge is 0.244 e. The molecule has 116 valence electrons. The van der Waals surface area contributed by atoms with Crippen LogP contribution in [0.4, 0.5) is 9.52 Å². The number of fused-ring (bicyclic) bond motifs is 1. The van der Waals surface area contributed by atoms with Gasteiger partial charge in [-0.15, -0.1) is 0 Å². The van der Waals surface area contributed by atoms with Crippen LogP contribution in [0.15, 0.2) is 47.6 Å². The Balaban J connectivity index is 1.63. The highest BCUT2D eigenvalue weighted by atomic mass is 32.1. The van der Waals surface area contributed by atoms with E-state index in [9.17, 15) is 9.18 Å². The second-order valence-electron chi connectivity index (χ2n) is 4.85. The summed E-state index contributed by atoms with van der Waals surface area (Å²) in [5.41, 5.74) is 10.0. The van der Waals surface area contributed by atoms with Crippen molar-refractivity contribution >= 4 is 38.8 Å². The van der Waals surface area contributed by atoms with Crippen molar-refractivity contribution in [2.75, 3.05) is 5.73 Å². The van der Waals surface area contributed by atoms with Gasteiger partial charge in [0.05, 0.1) is 22.9 Å². The zero-order valence-electron chi connectivity index (χ0n) is 12.0. The number of hydrogen-bond donors (Lipinski definition) is 2. The molecule has 7 heteroatoms. The molecule has 0 saturated heterocycles. The molecule has 1 aromatic heterocycles. The third-order valence-corrected chi connectivity index (χ3v) is 3.98. The first-order valence-electron chi connectivity index (χ1n) is 6.83. The topological polar surface area (TPSA) is 80.4 Å². The monoisotopic (exact) mass is 328 g/mol. The number of hydrazone groups is 1. The highest BCUT2D eigenvalue weighted by molar-refractivity contribution is 7.22. The number of nitrogen functional groups attached to an aromatic ring is 1. The maximum Gasteiger partial charge on any atom is 0.244 e. The van der Waals surface area contributed by atoms with Crippen molar-refractivity contribution in [3.63, 3.8) is 0 Å². The van der Waals surface area contributed by atoms with Crippen LogP contribution in [0.25, 0.3) is 10.2 Å². The molecule has 0 aliphatic heterocycles. The quantitative estimate of drug-likeness (QED) is 0.571. The summed E-state index contributed by atoms with van der Waals surface area (Å²) in [6, 6.07) is 11.7. The second kappa shape index (κ2) is 6.53. The number of nitrogens with two attached hydrogens (primary N) is 1. The lowest BCUT2D eigenvalue weighted by atomic mass is 10.1. The zero-order valence-corrected chi connectivity index (χ0v) is 12.8. The molecule has 0 atom stereocenters. The number of anilines is 1. The van der Waals surface area contributed by atoms with Gasteiger partial charge < -0.3 is 5.73 Å². The third kappa shape index (κ3) is 3.70. The molecule has 0 aliphatic carbocycles. The molecule has 1 amide bonds. The van der Waals surface area contributed by atoms with E-state index >= 15 is 0 Å². The van der Waals surface area contributed by atoms with Gasteiger partial charge in [0.25, 0.3) is 0 Å². The highest BCUT2D eigenvalue weighted by Gasteiger charge is 2.06. The van der Waals surface area contributed by atoms with E-state index in [1.807, 2.05) is 18.2 Å².